The molecule has 54 heteroatoms. The lowest BCUT2D eigenvalue weighted by molar-refractivity contribution is -0.231. The third-order valence-electron chi connectivity index (χ3n) is 19.7. The number of hydrogen-bond acceptors (Lipinski definition) is 36. The second kappa shape index (κ2) is 49.0. The smallest absolute Gasteiger partial charge is 0.458 e. The van der Waals surface area contributed by atoms with Crippen LogP contribution in [0.5, 0.6) is 0 Å². The number of carbonyl (C=O) groups is 5. The highest BCUT2D eigenvalue weighted by Gasteiger charge is 2.59. The number of hydrogen-bond donors (Lipinski definition) is 14. The maximum atomic E-state index is 12.2. The molecular weight excluding hydrogens is 1860 g/mol. The summed E-state index contributed by atoms with van der Waals surface area (Å²) in [6, 6.07) is 3.24. The molecule has 16 rings (SSSR count). The van der Waals surface area contributed by atoms with Crippen LogP contribution >= 0.6 is 30.8 Å². The summed E-state index contributed by atoms with van der Waals surface area (Å²) in [5.41, 5.74) is -4.22. The third kappa shape index (κ3) is 37.4. The summed E-state index contributed by atoms with van der Waals surface area (Å²) in [5.74, 6) is -4.54. The molecule has 50 nitrogen and oxygen atoms in total. The number of allylic oxidation sites excluding steroid dienone is 6. The average molecular weight is 1970 g/mol. The van der Waals surface area contributed by atoms with Gasteiger partial charge in [0, 0.05) is 96.5 Å². The minimum atomic E-state index is -5.60. The zero-order valence-electron chi connectivity index (χ0n) is 73.3. The Labute approximate surface area is 757 Å². The van der Waals surface area contributed by atoms with Gasteiger partial charge >= 0.3 is 83.4 Å². The molecule has 4 aromatic heterocycles. The number of epoxide rings is 1. The largest absolute Gasteiger partial charge is 0.488 e. The van der Waals surface area contributed by atoms with E-state index in [4.69, 9.17) is 82.0 Å². The van der Waals surface area contributed by atoms with Gasteiger partial charge in [-0.2, -0.15) is 9.57 Å². The van der Waals surface area contributed by atoms with Crippen LogP contribution in [0.4, 0.5) is 0 Å². The Hall–Kier alpha value is -9.21. The van der Waals surface area contributed by atoms with Crippen LogP contribution in [0.1, 0.15) is 166 Å². The Kier molecular flexibility index (Phi) is 41.5. The van der Waals surface area contributed by atoms with Crippen LogP contribution < -0.4 is 45.0 Å². The lowest BCUT2D eigenvalue weighted by Gasteiger charge is -2.24. The fourth-order valence-electron chi connectivity index (χ4n) is 14.8. The van der Waals surface area contributed by atoms with Crippen LogP contribution in [0.2, 0.25) is 0 Å². The maximum absolute atomic E-state index is 12.2. The Morgan fingerprint density at radius 1 is 0.459 bits per heavy atom. The number of nitrogens with one attached hydrogen (secondary N) is 4. The van der Waals surface area contributed by atoms with Gasteiger partial charge in [-0.15, -0.1) is 0 Å². The number of aromatic nitrogens is 8. The van der Waals surface area contributed by atoms with E-state index in [-0.39, 0.29) is 56.5 Å². The van der Waals surface area contributed by atoms with Gasteiger partial charge in [-0.25, -0.2) is 37.4 Å². The zero-order chi connectivity index (χ0) is 98.5. The van der Waals surface area contributed by atoms with Crippen LogP contribution in [0.25, 0.3) is 0 Å². The number of aliphatic hydroxyl groups is 3. The van der Waals surface area contributed by atoms with Gasteiger partial charge in [0.05, 0.1) is 60.8 Å². The molecule has 0 bridgehead atoms. The van der Waals surface area contributed by atoms with Gasteiger partial charge in [0.2, 0.25) is 0 Å². The van der Waals surface area contributed by atoms with E-state index in [2.05, 4.69) is 87.6 Å². The van der Waals surface area contributed by atoms with E-state index in [0.717, 1.165) is 32.3 Å². The minimum Gasteiger partial charge on any atom is -0.458 e. The monoisotopic (exact) mass is 1970 g/mol. The number of carbonyl (C=O) groups excluding carboxylic acids is 5. The summed E-state index contributed by atoms with van der Waals surface area (Å²) in [5, 5.41) is 35.5. The topological polar surface area (TPSA) is 717 Å². The van der Waals surface area contributed by atoms with E-state index in [1.54, 1.807) is 65.8 Å². The van der Waals surface area contributed by atoms with Crippen LogP contribution in [0.15, 0.2) is 160 Å². The molecule has 14 N–H and O–H groups in total. The van der Waals surface area contributed by atoms with Crippen molar-refractivity contribution in [1.82, 2.24) is 38.2 Å². The first-order valence-corrected chi connectivity index (χ1v) is 47.2. The van der Waals surface area contributed by atoms with Gasteiger partial charge in [0.15, 0.2) is 17.4 Å². The lowest BCUT2D eigenvalue weighted by Crippen LogP contribution is -2.36. The molecule has 4 aromatic rings. The molecule has 0 amide bonds. The number of rotatable bonds is 16. The summed E-state index contributed by atoms with van der Waals surface area (Å²) in [6.07, 6.45) is 26.0. The number of aromatic amines is 4. The maximum Gasteiger partial charge on any atom is 0.488 e. The minimum absolute atomic E-state index is 0. The van der Waals surface area contributed by atoms with E-state index >= 15 is 0 Å². The van der Waals surface area contributed by atoms with Gasteiger partial charge in [0.1, 0.15) is 67.6 Å². The quantitative estimate of drug-likeness (QED) is 0.0112. The summed E-state index contributed by atoms with van der Waals surface area (Å²) >= 11 is 0. The van der Waals surface area contributed by atoms with Crippen molar-refractivity contribution < 1.29 is 163 Å². The number of fused-ring (bicyclic) bond motifs is 4. The van der Waals surface area contributed by atoms with Crippen LogP contribution in [-0.4, -0.2) is 240 Å². The van der Waals surface area contributed by atoms with Gasteiger partial charge in [0.25, 0.3) is 22.2 Å². The molecule has 4 aliphatic heterocycles. The fourth-order valence-corrected chi connectivity index (χ4v) is 18.5. The van der Waals surface area contributed by atoms with Crippen molar-refractivity contribution in [3.05, 3.63) is 205 Å². The molecular formula is C79H114N8O42P4. The number of phosphoric acid groups is 2. The first-order valence-electron chi connectivity index (χ1n) is 40.6. The van der Waals surface area contributed by atoms with Crippen molar-refractivity contribution >= 4 is 60.7 Å². The van der Waals surface area contributed by atoms with Crippen molar-refractivity contribution in [3.63, 3.8) is 0 Å². The number of nitrogens with zero attached hydrogens (tertiary/aromatic N) is 4. The van der Waals surface area contributed by atoms with Crippen LogP contribution in [0, 0.1) is 5.92 Å². The van der Waals surface area contributed by atoms with E-state index in [1.165, 1.54) is 88.9 Å². The fraction of sp³-hybridized carbons (Fsp3) is 0.582. The molecule has 4 saturated heterocycles. The van der Waals surface area contributed by atoms with Gasteiger partial charge in [-0.3, -0.25) is 85.7 Å². The normalized spacial score (nSPS) is 29.3. The van der Waals surface area contributed by atoms with E-state index in [0.29, 0.717) is 37.4 Å². The molecule has 0 radical (unpaired) electrons. The molecule has 12 aliphatic rings. The second-order valence-corrected chi connectivity index (χ2v) is 38.6. The molecule has 742 valence electrons. The molecule has 0 spiro atoms. The molecule has 8 aliphatic carbocycles. The summed E-state index contributed by atoms with van der Waals surface area (Å²) in [7, 11) is -20.5. The first kappa shape index (κ1) is 113. The molecule has 10 unspecified atom stereocenters. The number of aliphatic hydroxyl groups excluding tert-OH is 3. The van der Waals surface area contributed by atoms with Gasteiger partial charge in [-0.1, -0.05) is 75.1 Å². The highest BCUT2D eigenvalue weighted by molar-refractivity contribution is 7.68. The molecule has 22 atom stereocenters. The molecule has 133 heavy (non-hydrogen) atoms. The highest BCUT2D eigenvalue weighted by Crippen LogP contribution is 2.66. The van der Waals surface area contributed by atoms with Gasteiger partial charge in [-0.05, 0) is 98.1 Å². The molecule has 0 aromatic carbocycles. The predicted molar refractivity (Wildman–Crippen MR) is 461 cm³/mol. The SMILES string of the molecule is C.C1=CC2OC2C1.C1=CCC=C1.CC(=O)OC(C)=O.CC(=O)OO.CC(=O)O[C@H]1C=C[C@@H](C)C1.CC(=O)O[C@H]1C=C[C@@H](O)C1.CC1(C)OC2C(O1)[C@@H](O)C[C@H]2n1ccc(=O)[nH]c1=O.CC1(C)OC2C(O1)[C@H](n1ccc(=O)[nH]c1=O)C[C@@H]2OCP(=O)(O)O.CC1(C)OC2C(O1)[C@H](n1ccc(=O)[nH]c1=O)C[C@@H]2OCP(=O)(O)OP(=O)(O)OP(=O)(O)O.O=c1ccn([C@H]2C=C[C@@H](O)C2)c(=O)[nH]1. The second-order valence-electron chi connectivity index (χ2n) is 32.2. The number of ether oxygens (including phenoxy) is 12. The Morgan fingerprint density at radius 2 is 0.842 bits per heavy atom. The van der Waals surface area contributed by atoms with Crippen molar-refractivity contribution in [3.8, 4) is 0 Å². The van der Waals surface area contributed by atoms with Crippen molar-refractivity contribution in [2.45, 2.75) is 275 Å². The van der Waals surface area contributed by atoms with Gasteiger partial charge < -0.3 is 106 Å². The van der Waals surface area contributed by atoms with E-state index in [1.807, 2.05) is 6.08 Å². The number of H-pyrrole nitrogens is 4. The van der Waals surface area contributed by atoms with Crippen LogP contribution in [-0.2, 0) is 113 Å². The van der Waals surface area contributed by atoms with E-state index in [9.17, 15) is 101 Å². The Morgan fingerprint density at radius 3 is 1.15 bits per heavy atom. The lowest BCUT2D eigenvalue weighted by atomic mass is 10.1. The van der Waals surface area contributed by atoms with E-state index < -0.39 is 203 Å². The van der Waals surface area contributed by atoms with Crippen LogP contribution in [0.3, 0.4) is 0 Å². The van der Waals surface area contributed by atoms with Crippen molar-refractivity contribution in [2.24, 2.45) is 5.92 Å². The van der Waals surface area contributed by atoms with Crippen molar-refractivity contribution in [2.75, 3.05) is 12.7 Å². The summed E-state index contributed by atoms with van der Waals surface area (Å²) in [4.78, 5) is 208. The Balaban J connectivity index is 0.000000241. The zero-order valence-corrected chi connectivity index (χ0v) is 76.9. The summed E-state index contributed by atoms with van der Waals surface area (Å²) in [6.45, 7) is 18.5. The van der Waals surface area contributed by atoms with Crippen molar-refractivity contribution in [1.29, 1.82) is 0 Å². The number of esters is 4. The highest BCUT2D eigenvalue weighted by atomic mass is 31.3. The first-order chi connectivity index (χ1) is 61.3. The summed E-state index contributed by atoms with van der Waals surface area (Å²) < 4.78 is 122. The Bertz CT molecular complexity index is 5500. The molecule has 3 saturated carbocycles. The third-order valence-corrected chi connectivity index (χ3v) is 24.2. The standard InChI is InChI=1S/C13H21N2O14P3.C13H19N2O8P.C12H16N2O5.C9H10N2O3.C8H12O2.C7H10O3.C5H6O.C5H6.C4H6O3.C2H4O3.CH4/c1-13(2)26-10-7(15-4-3-9(16)14-12(15)17)5-8(11(10)27-13)25-6-30(18,19)28-32(23,24)29-31(20,21)22;1-13(2)22-10-7(15-4-3-9(16)14-12(15)17)5-8(11(10)23-13)21-6-24(18,19)20;1-12(2)18-9-6(5-7(15)10(9)19-12)14-4-3-8(16)13-11(14)17;12-7-2-1-6(5-7)11-4-3-8(13)10-9(11)14;1-6-3-4-8(5-6)10-7(2)9;1-5(8)10-7-3-2-6(9)4-7;1-2-4-5(3-1)6-4;1-2-4-5-3-1;1-3(5)7-4(2)6;1-2(3)5-4;/h3-4,7-8,10-11H,5-6H2,1-2H3,(H,18,19)(H,23,24)(H,14,16,17)(H2,20,21,22);3-4,7-8,10-11H,5-6H2,1-2H3,(H,14,16,17)(H2,18,19,20);3-4,6-7,9-10,15H,5H2,1-2H3,(H,13,16,17);1-4,6-7,12H,5H2,(H,10,13,14);3-4,6,8H,5H2,1-2H3;2-3,6-7,9H,4H2,1H3;1-2,4-5H,3H2;1-4H,5H2;1-2H3;4H,1H3;1H4/t2*7-,8+,10?,11?;6-,7+,9?,10?;6-,7+;6-,8+;6-,7+;;;;;/m111011...../s1. The average Bonchev–Trinajstić information content (AvgIpc) is 1.61. The predicted octanol–water partition coefficient (Wildman–Crippen LogP) is 2.76. The molecule has 7 fully saturated rings. The molecule has 8 heterocycles.